The number of amides is 1. The van der Waals surface area contributed by atoms with E-state index in [1.54, 1.807) is 0 Å². The number of nitrogens with zero attached hydrogens (tertiary/aromatic N) is 3. The molecule has 0 spiro atoms. The van der Waals surface area contributed by atoms with Crippen molar-refractivity contribution in [1.29, 1.82) is 0 Å². The fourth-order valence-corrected chi connectivity index (χ4v) is 2.68. The van der Waals surface area contributed by atoms with Crippen molar-refractivity contribution in [2.24, 2.45) is 0 Å². The Morgan fingerprint density at radius 3 is 2.62 bits per heavy atom. The molecule has 1 saturated heterocycles. The van der Waals surface area contributed by atoms with Crippen molar-refractivity contribution >= 4 is 17.3 Å². The van der Waals surface area contributed by atoms with Crippen molar-refractivity contribution in [3.63, 3.8) is 0 Å². The van der Waals surface area contributed by atoms with E-state index in [1.807, 2.05) is 23.6 Å². The first-order valence-electron chi connectivity index (χ1n) is 8.11. The molecule has 1 amide bonds. The Bertz CT molecular complexity index is 603. The largest absolute Gasteiger partial charge is 0.363 e. The van der Waals surface area contributed by atoms with Crippen LogP contribution in [0.4, 0.5) is 15.8 Å². The van der Waals surface area contributed by atoms with Gasteiger partial charge in [-0.3, -0.25) is 19.8 Å². The van der Waals surface area contributed by atoms with Gasteiger partial charge in [0.05, 0.1) is 17.5 Å². The van der Waals surface area contributed by atoms with Crippen LogP contribution in [0.3, 0.4) is 0 Å². The Hall–Kier alpha value is -2.22. The molecule has 1 aliphatic rings. The lowest BCUT2D eigenvalue weighted by atomic mass is 10.2. The van der Waals surface area contributed by atoms with Gasteiger partial charge in [0.25, 0.3) is 5.69 Å². The van der Waals surface area contributed by atoms with Crippen LogP contribution in [-0.2, 0) is 4.79 Å². The molecule has 1 aromatic carbocycles. The molecule has 7 nitrogen and oxygen atoms in total. The average molecular weight is 338 g/mol. The molecule has 0 aliphatic carbocycles. The predicted molar refractivity (Wildman–Crippen MR) is 89.6 cm³/mol. The molecule has 0 aromatic heterocycles. The van der Waals surface area contributed by atoms with E-state index in [0.29, 0.717) is 38.4 Å². The van der Waals surface area contributed by atoms with Crippen LogP contribution < -0.4 is 10.2 Å². The number of nitro benzene ring substituents is 1. The second-order valence-corrected chi connectivity index (χ2v) is 6.03. The molecular formula is C16H23FN4O3. The maximum atomic E-state index is 13.2. The van der Waals surface area contributed by atoms with Crippen molar-refractivity contribution < 1.29 is 14.1 Å². The Labute approximate surface area is 140 Å². The van der Waals surface area contributed by atoms with Crippen molar-refractivity contribution in [1.82, 2.24) is 10.2 Å². The van der Waals surface area contributed by atoms with Gasteiger partial charge in [-0.25, -0.2) is 4.39 Å². The number of carbonyl (C=O) groups excluding carboxylic acids is 1. The highest BCUT2D eigenvalue weighted by molar-refractivity contribution is 5.78. The summed E-state index contributed by atoms with van der Waals surface area (Å²) in [6, 6.07) is 3.77. The first-order valence-corrected chi connectivity index (χ1v) is 8.11. The van der Waals surface area contributed by atoms with Crippen LogP contribution in [-0.4, -0.2) is 54.5 Å². The van der Waals surface area contributed by atoms with E-state index < -0.39 is 10.7 Å². The molecule has 8 heteroatoms. The van der Waals surface area contributed by atoms with Crippen molar-refractivity contribution in [3.05, 3.63) is 34.1 Å². The third-order valence-corrected chi connectivity index (χ3v) is 4.23. The minimum atomic E-state index is -0.620. The molecule has 1 atom stereocenters. The number of rotatable bonds is 6. The number of hydrogen-bond acceptors (Lipinski definition) is 5. The topological polar surface area (TPSA) is 78.7 Å². The fraction of sp³-hybridized carbons (Fsp3) is 0.562. The summed E-state index contributed by atoms with van der Waals surface area (Å²) in [5.74, 6) is -0.628. The van der Waals surface area contributed by atoms with Gasteiger partial charge in [0, 0.05) is 32.2 Å². The number of nitrogens with one attached hydrogen (secondary N) is 1. The maximum absolute atomic E-state index is 13.2. The maximum Gasteiger partial charge on any atom is 0.295 e. The molecule has 1 fully saturated rings. The molecule has 1 heterocycles. The summed E-state index contributed by atoms with van der Waals surface area (Å²) < 4.78 is 13.2. The molecule has 0 bridgehead atoms. The van der Waals surface area contributed by atoms with E-state index >= 15 is 0 Å². The van der Waals surface area contributed by atoms with Crippen molar-refractivity contribution in [3.8, 4) is 0 Å². The SMILES string of the molecule is CCC(C)NC(=O)CN1CCN(c2ccc(F)cc2[N+](=O)[O-])CC1. The Morgan fingerprint density at radius 2 is 2.04 bits per heavy atom. The van der Waals surface area contributed by atoms with Crippen LogP contribution in [0.25, 0.3) is 0 Å². The van der Waals surface area contributed by atoms with Gasteiger partial charge in [0.15, 0.2) is 0 Å². The first-order chi connectivity index (χ1) is 11.4. The van der Waals surface area contributed by atoms with Crippen LogP contribution in [0.5, 0.6) is 0 Å². The predicted octanol–water partition coefficient (Wildman–Crippen LogP) is 1.77. The Kier molecular flexibility index (Phi) is 6.08. The van der Waals surface area contributed by atoms with Gasteiger partial charge in [-0.05, 0) is 25.5 Å². The van der Waals surface area contributed by atoms with E-state index in [4.69, 9.17) is 0 Å². The second-order valence-electron chi connectivity index (χ2n) is 6.03. The van der Waals surface area contributed by atoms with E-state index in [9.17, 15) is 19.3 Å². The monoisotopic (exact) mass is 338 g/mol. The lowest BCUT2D eigenvalue weighted by Crippen LogP contribution is -2.50. The van der Waals surface area contributed by atoms with Gasteiger partial charge in [-0.15, -0.1) is 0 Å². The number of halogens is 1. The summed E-state index contributed by atoms with van der Waals surface area (Å²) in [5, 5.41) is 14.0. The lowest BCUT2D eigenvalue weighted by Gasteiger charge is -2.35. The first kappa shape index (κ1) is 18.1. The van der Waals surface area contributed by atoms with E-state index in [-0.39, 0.29) is 17.6 Å². The Balaban J connectivity index is 1.94. The van der Waals surface area contributed by atoms with Crippen LogP contribution in [0.1, 0.15) is 20.3 Å². The molecule has 2 rings (SSSR count). The third kappa shape index (κ3) is 4.64. The number of piperazine rings is 1. The van der Waals surface area contributed by atoms with Gasteiger partial charge in [-0.2, -0.15) is 0 Å². The molecule has 1 aromatic rings. The smallest absolute Gasteiger partial charge is 0.295 e. The highest BCUT2D eigenvalue weighted by atomic mass is 19.1. The quantitative estimate of drug-likeness (QED) is 0.632. The van der Waals surface area contributed by atoms with Crippen LogP contribution in [0.15, 0.2) is 18.2 Å². The highest BCUT2D eigenvalue weighted by Crippen LogP contribution is 2.29. The fourth-order valence-electron chi connectivity index (χ4n) is 2.68. The summed E-state index contributed by atoms with van der Waals surface area (Å²) in [6.45, 7) is 6.67. The summed E-state index contributed by atoms with van der Waals surface area (Å²) in [5.41, 5.74) is 0.197. The van der Waals surface area contributed by atoms with E-state index in [0.717, 1.165) is 12.5 Å². The summed E-state index contributed by atoms with van der Waals surface area (Å²) >= 11 is 0. The van der Waals surface area contributed by atoms with E-state index in [2.05, 4.69) is 5.32 Å². The van der Waals surface area contributed by atoms with Crippen LogP contribution >= 0.6 is 0 Å². The lowest BCUT2D eigenvalue weighted by molar-refractivity contribution is -0.384. The zero-order valence-electron chi connectivity index (χ0n) is 14.0. The van der Waals surface area contributed by atoms with Gasteiger partial charge in [0.2, 0.25) is 5.91 Å². The normalized spacial score (nSPS) is 16.7. The van der Waals surface area contributed by atoms with Gasteiger partial charge in [-0.1, -0.05) is 6.92 Å². The summed E-state index contributed by atoms with van der Waals surface area (Å²) in [7, 11) is 0. The molecule has 0 radical (unpaired) electrons. The van der Waals surface area contributed by atoms with Gasteiger partial charge >= 0.3 is 0 Å². The number of carbonyl (C=O) groups is 1. The molecular weight excluding hydrogens is 315 g/mol. The number of hydrogen-bond donors (Lipinski definition) is 1. The average Bonchev–Trinajstić information content (AvgIpc) is 2.55. The molecule has 1 N–H and O–H groups in total. The zero-order chi connectivity index (χ0) is 17.7. The molecule has 24 heavy (non-hydrogen) atoms. The minimum absolute atomic E-state index is 0.00874. The zero-order valence-corrected chi connectivity index (χ0v) is 14.0. The van der Waals surface area contributed by atoms with Crippen LogP contribution in [0, 0.1) is 15.9 Å². The standard InChI is InChI=1S/C16H23FN4O3/c1-3-12(2)18-16(22)11-19-6-8-20(9-7-19)14-5-4-13(17)10-15(14)21(23)24/h4-5,10,12H,3,6-9,11H2,1-2H3,(H,18,22). The summed E-state index contributed by atoms with van der Waals surface area (Å²) in [4.78, 5) is 26.3. The third-order valence-electron chi connectivity index (χ3n) is 4.23. The highest BCUT2D eigenvalue weighted by Gasteiger charge is 2.25. The number of benzene rings is 1. The minimum Gasteiger partial charge on any atom is -0.363 e. The number of anilines is 1. The molecule has 0 saturated carbocycles. The molecule has 132 valence electrons. The van der Waals surface area contributed by atoms with Crippen molar-refractivity contribution in [2.75, 3.05) is 37.6 Å². The van der Waals surface area contributed by atoms with E-state index in [1.165, 1.54) is 12.1 Å². The van der Waals surface area contributed by atoms with Crippen LogP contribution in [0.2, 0.25) is 0 Å². The summed E-state index contributed by atoms with van der Waals surface area (Å²) in [6.07, 6.45) is 0.883. The van der Waals surface area contributed by atoms with Gasteiger partial charge < -0.3 is 10.2 Å². The second kappa shape index (κ2) is 8.05. The van der Waals surface area contributed by atoms with Gasteiger partial charge in [0.1, 0.15) is 11.5 Å². The molecule has 1 unspecified atom stereocenters. The van der Waals surface area contributed by atoms with Crippen molar-refractivity contribution in [2.45, 2.75) is 26.3 Å². The Morgan fingerprint density at radius 1 is 1.38 bits per heavy atom. The number of nitro groups is 1. The molecule has 1 aliphatic heterocycles.